The number of hydrogen-bond acceptors (Lipinski definition) is 3. The minimum absolute atomic E-state index is 0.326. The lowest BCUT2D eigenvalue weighted by Crippen LogP contribution is -2.33. The quantitative estimate of drug-likeness (QED) is 0.704. The zero-order valence-corrected chi connectivity index (χ0v) is 11.7. The highest BCUT2D eigenvalue weighted by Crippen LogP contribution is 2.16. The van der Waals surface area contributed by atoms with E-state index in [1.165, 1.54) is 37.8 Å². The van der Waals surface area contributed by atoms with Crippen molar-refractivity contribution in [3.63, 3.8) is 0 Å². The van der Waals surface area contributed by atoms with Crippen LogP contribution < -0.4 is 5.32 Å². The molecule has 1 aromatic carbocycles. The standard InChI is InChI=1S/C16H26N2O/c19-14-16-9-6-12-18(16)11-5-4-10-17-13-15-7-2-1-3-8-15/h1-3,7-8,16-17,19H,4-6,9-14H2. The highest BCUT2D eigenvalue weighted by molar-refractivity contribution is 5.14. The van der Waals surface area contributed by atoms with Gasteiger partial charge in [-0.1, -0.05) is 30.3 Å². The Morgan fingerprint density at radius 2 is 2.05 bits per heavy atom. The Morgan fingerprint density at radius 3 is 2.84 bits per heavy atom. The molecule has 1 aliphatic heterocycles. The van der Waals surface area contributed by atoms with Gasteiger partial charge in [-0.05, 0) is 50.9 Å². The van der Waals surface area contributed by atoms with Crippen molar-refractivity contribution in [1.82, 2.24) is 10.2 Å². The van der Waals surface area contributed by atoms with Gasteiger partial charge >= 0.3 is 0 Å². The van der Waals surface area contributed by atoms with Gasteiger partial charge in [0.15, 0.2) is 0 Å². The van der Waals surface area contributed by atoms with Crippen LogP contribution in [-0.2, 0) is 6.54 Å². The Labute approximate surface area is 116 Å². The van der Waals surface area contributed by atoms with Crippen LogP contribution in [0.5, 0.6) is 0 Å². The van der Waals surface area contributed by atoms with Crippen LogP contribution in [0.1, 0.15) is 31.2 Å². The van der Waals surface area contributed by atoms with E-state index in [2.05, 4.69) is 40.5 Å². The van der Waals surface area contributed by atoms with Crippen LogP contribution in [-0.4, -0.2) is 42.3 Å². The minimum Gasteiger partial charge on any atom is -0.395 e. The first-order chi connectivity index (χ1) is 9.40. The molecule has 0 amide bonds. The first-order valence-electron chi connectivity index (χ1n) is 7.49. The van der Waals surface area contributed by atoms with Gasteiger partial charge in [-0.25, -0.2) is 0 Å². The summed E-state index contributed by atoms with van der Waals surface area (Å²) < 4.78 is 0. The Bertz CT molecular complexity index is 342. The van der Waals surface area contributed by atoms with Crippen LogP contribution in [0.4, 0.5) is 0 Å². The Morgan fingerprint density at radius 1 is 1.21 bits per heavy atom. The molecular formula is C16H26N2O. The lowest BCUT2D eigenvalue weighted by atomic mass is 10.2. The third-order valence-corrected chi connectivity index (χ3v) is 3.93. The molecule has 0 bridgehead atoms. The van der Waals surface area contributed by atoms with Crippen molar-refractivity contribution in [3.05, 3.63) is 35.9 Å². The molecule has 2 rings (SSSR count). The summed E-state index contributed by atoms with van der Waals surface area (Å²) >= 11 is 0. The van der Waals surface area contributed by atoms with Gasteiger partial charge in [0.05, 0.1) is 6.61 Å². The lowest BCUT2D eigenvalue weighted by molar-refractivity contribution is 0.157. The number of aliphatic hydroxyl groups is 1. The van der Waals surface area contributed by atoms with Crippen LogP contribution in [0.3, 0.4) is 0 Å². The van der Waals surface area contributed by atoms with E-state index in [0.29, 0.717) is 12.6 Å². The SMILES string of the molecule is OCC1CCCN1CCCCNCc1ccccc1. The van der Waals surface area contributed by atoms with Gasteiger partial charge in [0, 0.05) is 12.6 Å². The molecule has 3 nitrogen and oxygen atoms in total. The highest BCUT2D eigenvalue weighted by atomic mass is 16.3. The monoisotopic (exact) mass is 262 g/mol. The summed E-state index contributed by atoms with van der Waals surface area (Å²) in [5.74, 6) is 0. The summed E-state index contributed by atoms with van der Waals surface area (Å²) in [6.07, 6.45) is 4.85. The number of benzene rings is 1. The number of unbranched alkanes of at least 4 members (excludes halogenated alkanes) is 1. The van der Waals surface area contributed by atoms with Crippen molar-refractivity contribution in [2.24, 2.45) is 0 Å². The molecule has 0 spiro atoms. The van der Waals surface area contributed by atoms with E-state index in [1.54, 1.807) is 0 Å². The third kappa shape index (κ3) is 4.94. The van der Waals surface area contributed by atoms with E-state index in [0.717, 1.165) is 19.6 Å². The Hall–Kier alpha value is -0.900. The van der Waals surface area contributed by atoms with Gasteiger partial charge in [-0.2, -0.15) is 0 Å². The van der Waals surface area contributed by atoms with Crippen molar-refractivity contribution in [2.75, 3.05) is 26.2 Å². The van der Waals surface area contributed by atoms with E-state index in [9.17, 15) is 5.11 Å². The first kappa shape index (κ1) is 14.5. The van der Waals surface area contributed by atoms with Gasteiger partial charge in [0.1, 0.15) is 0 Å². The van der Waals surface area contributed by atoms with Gasteiger partial charge in [0.2, 0.25) is 0 Å². The summed E-state index contributed by atoms with van der Waals surface area (Å²) in [6.45, 7) is 4.67. The molecule has 1 saturated heterocycles. The molecule has 1 heterocycles. The fraction of sp³-hybridized carbons (Fsp3) is 0.625. The number of hydrogen-bond donors (Lipinski definition) is 2. The van der Waals surface area contributed by atoms with E-state index >= 15 is 0 Å². The van der Waals surface area contributed by atoms with E-state index in [4.69, 9.17) is 0 Å². The number of likely N-dealkylation sites (tertiary alicyclic amines) is 1. The second-order valence-electron chi connectivity index (χ2n) is 5.38. The van der Waals surface area contributed by atoms with Gasteiger partial charge in [0.25, 0.3) is 0 Å². The summed E-state index contributed by atoms with van der Waals surface area (Å²) in [7, 11) is 0. The van der Waals surface area contributed by atoms with Crippen molar-refractivity contribution < 1.29 is 5.11 Å². The zero-order valence-electron chi connectivity index (χ0n) is 11.7. The smallest absolute Gasteiger partial charge is 0.0586 e. The summed E-state index contributed by atoms with van der Waals surface area (Å²) in [6, 6.07) is 11.0. The molecule has 0 aromatic heterocycles. The maximum atomic E-state index is 9.25. The lowest BCUT2D eigenvalue weighted by Gasteiger charge is -2.22. The second kappa shape index (κ2) is 8.31. The van der Waals surface area contributed by atoms with E-state index in [-0.39, 0.29) is 0 Å². The fourth-order valence-corrected chi connectivity index (χ4v) is 2.79. The van der Waals surface area contributed by atoms with Gasteiger partial charge in [-0.3, -0.25) is 4.90 Å². The van der Waals surface area contributed by atoms with Crippen molar-refractivity contribution in [2.45, 2.75) is 38.3 Å². The minimum atomic E-state index is 0.326. The molecule has 3 heteroatoms. The molecular weight excluding hydrogens is 236 g/mol. The molecule has 2 N–H and O–H groups in total. The fourth-order valence-electron chi connectivity index (χ4n) is 2.79. The van der Waals surface area contributed by atoms with Crippen LogP contribution in [0, 0.1) is 0 Å². The molecule has 1 fully saturated rings. The largest absolute Gasteiger partial charge is 0.395 e. The summed E-state index contributed by atoms with van der Waals surface area (Å²) in [5, 5.41) is 12.7. The van der Waals surface area contributed by atoms with Gasteiger partial charge < -0.3 is 10.4 Å². The van der Waals surface area contributed by atoms with Crippen LogP contribution >= 0.6 is 0 Å². The van der Waals surface area contributed by atoms with Crippen molar-refractivity contribution >= 4 is 0 Å². The summed E-state index contributed by atoms with van der Waals surface area (Å²) in [4.78, 5) is 2.44. The Balaban J connectivity index is 1.50. The predicted molar refractivity (Wildman–Crippen MR) is 79.1 cm³/mol. The molecule has 1 aromatic rings. The molecule has 0 radical (unpaired) electrons. The maximum absolute atomic E-state index is 9.25. The first-order valence-corrected chi connectivity index (χ1v) is 7.49. The molecule has 0 saturated carbocycles. The van der Waals surface area contributed by atoms with Crippen LogP contribution in [0.25, 0.3) is 0 Å². The average Bonchev–Trinajstić information content (AvgIpc) is 2.91. The predicted octanol–water partition coefficient (Wildman–Crippen LogP) is 2.01. The van der Waals surface area contributed by atoms with Crippen LogP contribution in [0.2, 0.25) is 0 Å². The Kier molecular flexibility index (Phi) is 6.34. The molecule has 1 unspecified atom stereocenters. The molecule has 0 aliphatic carbocycles. The average molecular weight is 262 g/mol. The van der Waals surface area contributed by atoms with Crippen LogP contribution in [0.15, 0.2) is 30.3 Å². The van der Waals surface area contributed by atoms with Crippen molar-refractivity contribution in [1.29, 1.82) is 0 Å². The molecule has 1 aliphatic rings. The molecule has 1 atom stereocenters. The normalized spacial score (nSPS) is 19.9. The highest BCUT2D eigenvalue weighted by Gasteiger charge is 2.22. The number of nitrogens with zero attached hydrogens (tertiary/aromatic N) is 1. The molecule has 19 heavy (non-hydrogen) atoms. The van der Waals surface area contributed by atoms with Gasteiger partial charge in [-0.15, -0.1) is 0 Å². The zero-order chi connectivity index (χ0) is 13.3. The number of nitrogens with one attached hydrogen (secondary N) is 1. The second-order valence-corrected chi connectivity index (χ2v) is 5.38. The maximum Gasteiger partial charge on any atom is 0.0586 e. The number of aliphatic hydroxyl groups excluding tert-OH is 1. The number of rotatable bonds is 8. The van der Waals surface area contributed by atoms with E-state index < -0.39 is 0 Å². The van der Waals surface area contributed by atoms with E-state index in [1.807, 2.05) is 0 Å². The summed E-state index contributed by atoms with van der Waals surface area (Å²) in [5.41, 5.74) is 1.35. The topological polar surface area (TPSA) is 35.5 Å². The molecule has 106 valence electrons. The third-order valence-electron chi connectivity index (χ3n) is 3.93. The van der Waals surface area contributed by atoms with Crippen molar-refractivity contribution in [3.8, 4) is 0 Å².